The summed E-state index contributed by atoms with van der Waals surface area (Å²) in [4.78, 5) is 20.7. The highest BCUT2D eigenvalue weighted by molar-refractivity contribution is 5.85. The number of imidazole rings is 1. The molecule has 0 atom stereocenters. The van der Waals surface area contributed by atoms with Gasteiger partial charge in [-0.25, -0.2) is 4.98 Å². The van der Waals surface area contributed by atoms with Gasteiger partial charge in [-0.3, -0.25) is 4.79 Å². The zero-order valence-corrected chi connectivity index (χ0v) is 13.0. The Morgan fingerprint density at radius 3 is 2.91 bits per heavy atom. The molecule has 1 saturated carbocycles. The number of nitrogens with zero attached hydrogens (tertiary/aromatic N) is 4. The fourth-order valence-electron chi connectivity index (χ4n) is 2.42. The number of nitrogens with one attached hydrogen (secondary N) is 1. The van der Waals surface area contributed by atoms with Crippen molar-refractivity contribution in [1.29, 1.82) is 0 Å². The van der Waals surface area contributed by atoms with Gasteiger partial charge in [0.15, 0.2) is 5.82 Å². The maximum Gasteiger partial charge on any atom is 0.229 e. The zero-order valence-electron chi connectivity index (χ0n) is 13.0. The minimum atomic E-state index is -0.263. The smallest absolute Gasteiger partial charge is 0.229 e. The average Bonchev–Trinajstić information content (AvgIpc) is 2.91. The summed E-state index contributed by atoms with van der Waals surface area (Å²) in [7, 11) is 0. The Hall–Kier alpha value is -2.18. The highest BCUT2D eigenvalue weighted by Gasteiger charge is 2.49. The molecule has 0 spiro atoms. The average molecular weight is 303 g/mol. The molecule has 1 N–H and O–H groups in total. The summed E-state index contributed by atoms with van der Waals surface area (Å²) in [6.45, 7) is 5.23. The second-order valence-corrected chi connectivity index (χ2v) is 6.22. The van der Waals surface area contributed by atoms with Gasteiger partial charge >= 0.3 is 0 Å². The van der Waals surface area contributed by atoms with Crippen LogP contribution in [-0.2, 0) is 17.8 Å². The molecule has 0 bridgehead atoms. The van der Waals surface area contributed by atoms with E-state index in [0.29, 0.717) is 31.2 Å². The van der Waals surface area contributed by atoms with Crippen molar-refractivity contribution in [2.75, 3.05) is 6.54 Å². The lowest BCUT2D eigenvalue weighted by Crippen LogP contribution is -2.35. The van der Waals surface area contributed by atoms with E-state index in [1.165, 1.54) is 0 Å². The maximum absolute atomic E-state index is 12.3. The van der Waals surface area contributed by atoms with Crippen molar-refractivity contribution in [1.82, 2.24) is 25.0 Å². The van der Waals surface area contributed by atoms with Crippen molar-refractivity contribution in [3.05, 3.63) is 30.4 Å². The first-order chi connectivity index (χ1) is 10.6. The standard InChI is InChI=1S/C15H21N5O2/c1-11(2)13-18-12(19-22-13)3-6-17-14(21)15(4-5-15)9-20-8-7-16-10-20/h7-8,10-11H,3-6,9H2,1-2H3,(H,17,21). The monoisotopic (exact) mass is 303 g/mol. The van der Waals surface area contributed by atoms with Gasteiger partial charge in [0.1, 0.15) is 0 Å². The summed E-state index contributed by atoms with van der Waals surface area (Å²) in [5, 5.41) is 6.91. The lowest BCUT2D eigenvalue weighted by molar-refractivity contribution is -0.126. The molecule has 1 aliphatic carbocycles. The van der Waals surface area contributed by atoms with Gasteiger partial charge in [0.2, 0.25) is 11.8 Å². The Bertz CT molecular complexity index is 628. The van der Waals surface area contributed by atoms with Gasteiger partial charge in [0, 0.05) is 37.8 Å². The van der Waals surface area contributed by atoms with E-state index in [0.717, 1.165) is 12.8 Å². The first-order valence-electron chi connectivity index (χ1n) is 7.66. The highest BCUT2D eigenvalue weighted by atomic mass is 16.5. The quantitative estimate of drug-likeness (QED) is 0.838. The molecule has 22 heavy (non-hydrogen) atoms. The Balaban J connectivity index is 1.48. The van der Waals surface area contributed by atoms with E-state index >= 15 is 0 Å². The second kappa shape index (κ2) is 5.90. The van der Waals surface area contributed by atoms with Crippen LogP contribution >= 0.6 is 0 Å². The lowest BCUT2D eigenvalue weighted by Gasteiger charge is -2.15. The molecule has 7 heteroatoms. The van der Waals surface area contributed by atoms with E-state index in [4.69, 9.17) is 4.52 Å². The molecule has 0 aromatic carbocycles. The predicted octanol–water partition coefficient (Wildman–Crippen LogP) is 1.53. The molecule has 2 heterocycles. The van der Waals surface area contributed by atoms with Crippen LogP contribution in [0.3, 0.4) is 0 Å². The van der Waals surface area contributed by atoms with Crippen molar-refractivity contribution in [2.24, 2.45) is 5.41 Å². The van der Waals surface area contributed by atoms with Crippen LogP contribution in [0.25, 0.3) is 0 Å². The minimum Gasteiger partial charge on any atom is -0.355 e. The molecule has 1 amide bonds. The number of hydrogen-bond donors (Lipinski definition) is 1. The van der Waals surface area contributed by atoms with Gasteiger partial charge in [0.05, 0.1) is 11.7 Å². The minimum absolute atomic E-state index is 0.105. The molecule has 7 nitrogen and oxygen atoms in total. The van der Waals surface area contributed by atoms with Gasteiger partial charge in [-0.15, -0.1) is 0 Å². The number of carbonyl (C=O) groups is 1. The topological polar surface area (TPSA) is 85.8 Å². The van der Waals surface area contributed by atoms with E-state index in [9.17, 15) is 4.79 Å². The van der Waals surface area contributed by atoms with Gasteiger partial charge in [-0.1, -0.05) is 19.0 Å². The fraction of sp³-hybridized carbons (Fsp3) is 0.600. The molecule has 118 valence electrons. The first-order valence-corrected chi connectivity index (χ1v) is 7.66. The van der Waals surface area contributed by atoms with Crippen molar-refractivity contribution < 1.29 is 9.32 Å². The van der Waals surface area contributed by atoms with E-state index < -0.39 is 0 Å². The van der Waals surface area contributed by atoms with Crippen molar-refractivity contribution in [3.63, 3.8) is 0 Å². The van der Waals surface area contributed by atoms with Gasteiger partial charge in [0.25, 0.3) is 0 Å². The van der Waals surface area contributed by atoms with Gasteiger partial charge in [-0.05, 0) is 12.8 Å². The summed E-state index contributed by atoms with van der Waals surface area (Å²) in [6.07, 6.45) is 7.81. The van der Waals surface area contributed by atoms with E-state index in [1.807, 2.05) is 24.6 Å². The largest absolute Gasteiger partial charge is 0.355 e. The molecule has 0 aliphatic heterocycles. The lowest BCUT2D eigenvalue weighted by atomic mass is 10.1. The third-order valence-corrected chi connectivity index (χ3v) is 3.99. The second-order valence-electron chi connectivity index (χ2n) is 6.22. The van der Waals surface area contributed by atoms with Gasteiger partial charge in [-0.2, -0.15) is 4.98 Å². The van der Waals surface area contributed by atoms with Crippen LogP contribution in [0.1, 0.15) is 44.3 Å². The summed E-state index contributed by atoms with van der Waals surface area (Å²) < 4.78 is 7.11. The number of carbonyl (C=O) groups excluding carboxylic acids is 1. The maximum atomic E-state index is 12.3. The molecule has 0 unspecified atom stereocenters. The Kier molecular flexibility index (Phi) is 3.96. The molecule has 2 aromatic heterocycles. The zero-order chi connectivity index (χ0) is 15.6. The van der Waals surface area contributed by atoms with E-state index in [2.05, 4.69) is 20.4 Å². The highest BCUT2D eigenvalue weighted by Crippen LogP contribution is 2.47. The van der Waals surface area contributed by atoms with Crippen LogP contribution in [-0.4, -0.2) is 32.1 Å². The van der Waals surface area contributed by atoms with Crippen molar-refractivity contribution in [3.8, 4) is 0 Å². The number of aromatic nitrogens is 4. The molecule has 1 aliphatic rings. The summed E-state index contributed by atoms with van der Waals surface area (Å²) in [5.41, 5.74) is -0.263. The molecular weight excluding hydrogens is 282 g/mol. The van der Waals surface area contributed by atoms with Crippen molar-refractivity contribution >= 4 is 5.91 Å². The van der Waals surface area contributed by atoms with Crippen LogP contribution in [0.5, 0.6) is 0 Å². The van der Waals surface area contributed by atoms with E-state index in [1.54, 1.807) is 12.5 Å². The van der Waals surface area contributed by atoms with E-state index in [-0.39, 0.29) is 17.2 Å². The molecule has 2 aromatic rings. The molecule has 3 rings (SSSR count). The van der Waals surface area contributed by atoms with Crippen LogP contribution < -0.4 is 5.32 Å². The van der Waals surface area contributed by atoms with Crippen LogP contribution in [0.2, 0.25) is 0 Å². The van der Waals surface area contributed by atoms with Crippen LogP contribution in [0.4, 0.5) is 0 Å². The molecule has 0 radical (unpaired) electrons. The van der Waals surface area contributed by atoms with Crippen molar-refractivity contribution in [2.45, 2.75) is 45.6 Å². The Morgan fingerprint density at radius 2 is 2.32 bits per heavy atom. The molecule has 0 saturated heterocycles. The molecule has 1 fully saturated rings. The predicted molar refractivity (Wildman–Crippen MR) is 79.0 cm³/mol. The summed E-state index contributed by atoms with van der Waals surface area (Å²) in [5.74, 6) is 1.61. The SMILES string of the molecule is CC(C)c1nc(CCNC(=O)C2(Cn3ccnc3)CC2)no1. The Morgan fingerprint density at radius 1 is 1.50 bits per heavy atom. The number of amides is 1. The van der Waals surface area contributed by atoms with Gasteiger partial charge < -0.3 is 14.4 Å². The number of rotatable bonds is 7. The number of hydrogen-bond acceptors (Lipinski definition) is 5. The third kappa shape index (κ3) is 3.18. The molecular formula is C15H21N5O2. The van der Waals surface area contributed by atoms with Crippen LogP contribution in [0, 0.1) is 5.41 Å². The third-order valence-electron chi connectivity index (χ3n) is 3.99. The normalized spacial score (nSPS) is 16.0. The first kappa shape index (κ1) is 14.7. The van der Waals surface area contributed by atoms with Crippen LogP contribution in [0.15, 0.2) is 23.2 Å². The fourth-order valence-corrected chi connectivity index (χ4v) is 2.42. The summed E-state index contributed by atoms with van der Waals surface area (Å²) in [6, 6.07) is 0. The Labute approximate surface area is 129 Å². The summed E-state index contributed by atoms with van der Waals surface area (Å²) >= 11 is 0.